The lowest BCUT2D eigenvalue weighted by atomic mass is 9.33. The van der Waals surface area contributed by atoms with Gasteiger partial charge in [0.25, 0.3) is 6.71 Å². The summed E-state index contributed by atoms with van der Waals surface area (Å²) < 4.78 is 2.54. The van der Waals surface area contributed by atoms with Crippen LogP contribution in [-0.2, 0) is 0 Å². The molecule has 3 nitrogen and oxygen atoms in total. The minimum absolute atomic E-state index is 0.187. The Labute approximate surface area is 589 Å². The first-order chi connectivity index (χ1) is 49.2. The maximum atomic E-state index is 2.66. The van der Waals surface area contributed by atoms with E-state index >= 15 is 0 Å². The molecule has 0 fully saturated rings. The Balaban J connectivity index is 0.961. The predicted molar refractivity (Wildman–Crippen MR) is 432 cm³/mol. The highest BCUT2D eigenvalue weighted by Gasteiger charge is 2.48. The zero-order chi connectivity index (χ0) is 67.1. The molecule has 0 saturated heterocycles. The lowest BCUT2D eigenvalue weighted by molar-refractivity contribution is 1.16. The van der Waals surface area contributed by atoms with Crippen molar-refractivity contribution in [1.82, 2.24) is 4.57 Å². The van der Waals surface area contributed by atoms with Gasteiger partial charge < -0.3 is 14.4 Å². The smallest absolute Gasteiger partial charge is 0.252 e. The van der Waals surface area contributed by atoms with E-state index in [0.29, 0.717) is 0 Å². The van der Waals surface area contributed by atoms with Gasteiger partial charge in [-0.05, 0) is 157 Å². The maximum absolute atomic E-state index is 2.96. The van der Waals surface area contributed by atoms with Crippen LogP contribution in [-0.4, -0.2) is 27.4 Å². The fourth-order valence-corrected chi connectivity index (χ4v) is 27.0. The number of nitrogens with zero attached hydrogens (tertiary/aromatic N) is 3. The zero-order valence-electron chi connectivity index (χ0n) is 56.6. The monoisotopic (exact) mass is 1310 g/mol. The van der Waals surface area contributed by atoms with Crippen molar-refractivity contribution < 1.29 is 0 Å². The summed E-state index contributed by atoms with van der Waals surface area (Å²) in [6, 6.07) is 139. The Kier molecular flexibility index (Phi) is 14.9. The molecule has 100 heavy (non-hydrogen) atoms. The summed E-state index contributed by atoms with van der Waals surface area (Å²) in [5.41, 5.74) is 23.7. The van der Waals surface area contributed by atoms with Crippen LogP contribution in [0.5, 0.6) is 0 Å². The van der Waals surface area contributed by atoms with E-state index in [0.717, 1.165) is 39.5 Å². The van der Waals surface area contributed by atoms with Crippen LogP contribution in [0.3, 0.4) is 0 Å². The van der Waals surface area contributed by atoms with E-state index < -0.39 is 16.1 Å². The second-order valence-corrected chi connectivity index (χ2v) is 35.0. The molecule has 0 N–H and O–H groups in total. The fraction of sp³-hybridized carbons (Fsp3) is 0.0426. The van der Waals surface area contributed by atoms with Gasteiger partial charge in [0.2, 0.25) is 0 Å². The molecule has 0 spiro atoms. The molecule has 15 aromatic carbocycles. The van der Waals surface area contributed by atoms with E-state index in [1.807, 2.05) is 0 Å². The first-order valence-electron chi connectivity index (χ1n) is 35.0. The molecule has 0 unspecified atom stereocenters. The van der Waals surface area contributed by atoms with Gasteiger partial charge in [-0.1, -0.05) is 326 Å². The molecule has 2 aliphatic heterocycles. The van der Waals surface area contributed by atoms with Crippen molar-refractivity contribution in [3.8, 4) is 27.9 Å². The Bertz CT molecular complexity index is 5340. The number of anilines is 6. The molecule has 0 radical (unpaired) electrons. The number of rotatable bonds is 13. The Morgan fingerprint density at radius 2 is 0.570 bits per heavy atom. The van der Waals surface area contributed by atoms with Gasteiger partial charge in [-0.2, -0.15) is 0 Å². The molecular formula is C94H72BN3Si2. The lowest BCUT2D eigenvalue weighted by Crippen LogP contribution is -2.74. The van der Waals surface area contributed by atoms with Gasteiger partial charge in [0.1, 0.15) is 0 Å². The molecular weight excluding hydrogens is 1240 g/mol. The van der Waals surface area contributed by atoms with Gasteiger partial charge in [-0.3, -0.25) is 0 Å². The molecule has 3 heterocycles. The minimum atomic E-state index is -2.96. The second-order valence-electron chi connectivity index (χ2n) is 27.4. The molecule has 1 aromatic heterocycles. The van der Waals surface area contributed by atoms with E-state index in [1.54, 1.807) is 0 Å². The second kappa shape index (κ2) is 24.6. The average Bonchev–Trinajstić information content (AvgIpc) is 0.752. The molecule has 0 atom stereocenters. The van der Waals surface area contributed by atoms with Gasteiger partial charge in [-0.25, -0.2) is 0 Å². The quantitative estimate of drug-likeness (QED) is 0.0842. The van der Waals surface area contributed by atoms with E-state index in [-0.39, 0.29) is 6.71 Å². The summed E-state index contributed by atoms with van der Waals surface area (Å²) in [5.74, 6) is 0. The number of aryl methyl sites for hydroxylation is 4. The third-order valence-electron chi connectivity index (χ3n) is 21.4. The van der Waals surface area contributed by atoms with Crippen LogP contribution in [0.1, 0.15) is 22.3 Å². The maximum Gasteiger partial charge on any atom is 0.252 e. The van der Waals surface area contributed by atoms with Crippen molar-refractivity contribution in [3.05, 3.63) is 386 Å². The normalized spacial score (nSPS) is 12.5. The number of para-hydroxylation sites is 2. The minimum Gasteiger partial charge on any atom is -0.311 e. The van der Waals surface area contributed by atoms with Gasteiger partial charge in [0, 0.05) is 56.0 Å². The standard InChI is InChI=1S/C94H72BN3Si2/c1-65-29-27-43-80(57-65)99(74-35-15-7-16-36-74,75-37-17-8-18-38-75)78-53-49-71(50-54-78)97-90-63-73(96-88-47-25-23-45-82(88)83-46-24-26-48-89(83)96)64-91-92(90)95(86-61-67(3)59-84(93(86)97)69-31-11-5-12-32-69)87-62-68(4)60-85(70-33-13-6-14-34-70)94(87)98(91)72-51-55-79(56-52-72)100(76-39-19-9-20-40-76,77-41-21-10-22-42-77)81-44-28-30-66(2)58-81/h5-64H,1-4H3. The van der Waals surface area contributed by atoms with E-state index in [1.165, 1.54) is 125 Å². The van der Waals surface area contributed by atoms with Crippen molar-refractivity contribution >= 4 is 137 Å². The molecule has 16 aromatic rings. The summed E-state index contributed by atoms with van der Waals surface area (Å²) in [4.78, 5) is 5.33. The van der Waals surface area contributed by atoms with Gasteiger partial charge in [-0.15, -0.1) is 0 Å². The van der Waals surface area contributed by atoms with Gasteiger partial charge in [0.05, 0.1) is 16.7 Å². The van der Waals surface area contributed by atoms with E-state index in [9.17, 15) is 0 Å². The molecule has 2 aliphatic rings. The van der Waals surface area contributed by atoms with Gasteiger partial charge >= 0.3 is 0 Å². The Hall–Kier alpha value is -11.8. The molecule has 18 rings (SSSR count). The van der Waals surface area contributed by atoms with Crippen molar-refractivity contribution in [3.63, 3.8) is 0 Å². The zero-order valence-corrected chi connectivity index (χ0v) is 58.6. The summed E-state index contributed by atoms with van der Waals surface area (Å²) in [6.07, 6.45) is 0. The number of fused-ring (bicyclic) bond motifs is 7. The van der Waals surface area contributed by atoms with Crippen molar-refractivity contribution in [2.24, 2.45) is 0 Å². The number of benzene rings is 15. The third kappa shape index (κ3) is 9.68. The highest BCUT2D eigenvalue weighted by atomic mass is 28.3. The summed E-state index contributed by atoms with van der Waals surface area (Å²) in [6.45, 7) is 8.87. The van der Waals surface area contributed by atoms with Crippen LogP contribution in [0, 0.1) is 27.7 Å². The van der Waals surface area contributed by atoms with Gasteiger partial charge in [0.15, 0.2) is 16.1 Å². The van der Waals surface area contributed by atoms with E-state index in [2.05, 4.69) is 406 Å². The molecule has 6 heteroatoms. The summed E-state index contributed by atoms with van der Waals surface area (Å²) in [5, 5.41) is 13.2. The highest BCUT2D eigenvalue weighted by Crippen LogP contribution is 2.51. The predicted octanol–water partition coefficient (Wildman–Crippen LogP) is 16.2. The topological polar surface area (TPSA) is 11.4 Å². The Morgan fingerprint density at radius 3 is 0.930 bits per heavy atom. The van der Waals surface area contributed by atoms with Crippen LogP contribution in [0.4, 0.5) is 34.1 Å². The highest BCUT2D eigenvalue weighted by molar-refractivity contribution is 7.20. The van der Waals surface area contributed by atoms with Crippen molar-refractivity contribution in [2.45, 2.75) is 27.7 Å². The van der Waals surface area contributed by atoms with Crippen LogP contribution >= 0.6 is 0 Å². The number of hydrogen-bond acceptors (Lipinski definition) is 2. The SMILES string of the molecule is Cc1cccc([Si](c2ccccc2)(c2ccccc2)c2ccc(N3c4cc(-n5c6ccccc6c6ccccc65)cc5c4B(c4cc(C)cc(-c6ccccc6)c43)c3cc(C)cc(-c4ccccc4)c3N5c3ccc([Si](c4ccccc4)(c4ccccc4)c4cccc(C)c4)cc3)cc2)c1. The summed E-state index contributed by atoms with van der Waals surface area (Å²) in [7, 11) is -5.92. The van der Waals surface area contributed by atoms with Crippen molar-refractivity contribution in [1.29, 1.82) is 0 Å². The van der Waals surface area contributed by atoms with Crippen LogP contribution < -0.4 is 67.7 Å². The summed E-state index contributed by atoms with van der Waals surface area (Å²) >= 11 is 0. The lowest BCUT2D eigenvalue weighted by Gasteiger charge is -2.46. The molecule has 0 aliphatic carbocycles. The third-order valence-corrected chi connectivity index (χ3v) is 30.9. The van der Waals surface area contributed by atoms with Crippen LogP contribution in [0.2, 0.25) is 0 Å². The molecule has 474 valence electrons. The first kappa shape index (κ1) is 60.6. The molecule has 0 saturated carbocycles. The van der Waals surface area contributed by atoms with E-state index in [4.69, 9.17) is 0 Å². The number of aromatic nitrogens is 1. The average molecular weight is 1310 g/mol. The largest absolute Gasteiger partial charge is 0.311 e. The van der Waals surface area contributed by atoms with Crippen LogP contribution in [0.25, 0.3) is 49.7 Å². The number of hydrogen-bond donors (Lipinski definition) is 0. The van der Waals surface area contributed by atoms with Crippen LogP contribution in [0.15, 0.2) is 364 Å². The fourth-order valence-electron chi connectivity index (χ4n) is 17.3. The molecule has 0 amide bonds. The first-order valence-corrected chi connectivity index (χ1v) is 39.0. The van der Waals surface area contributed by atoms with Crippen molar-refractivity contribution in [2.75, 3.05) is 9.80 Å². The molecule has 0 bridgehead atoms. The Morgan fingerprint density at radius 1 is 0.250 bits per heavy atom.